The van der Waals surface area contributed by atoms with Gasteiger partial charge in [-0.25, -0.2) is 0 Å². The smallest absolute Gasteiger partial charge is 0.273 e. The topological polar surface area (TPSA) is 103 Å². The number of rotatable bonds is 5. The molecule has 0 aliphatic carbocycles. The van der Waals surface area contributed by atoms with Crippen LogP contribution in [-0.4, -0.2) is 34.7 Å². The summed E-state index contributed by atoms with van der Waals surface area (Å²) in [6.07, 6.45) is 4.07. The van der Waals surface area contributed by atoms with Gasteiger partial charge in [-0.3, -0.25) is 9.78 Å². The zero-order valence-corrected chi connectivity index (χ0v) is 15.2. The molecule has 3 N–H and O–H groups in total. The van der Waals surface area contributed by atoms with Gasteiger partial charge in [-0.1, -0.05) is 18.5 Å². The number of nitrogens with zero attached hydrogens (tertiary/aromatic N) is 3. The van der Waals surface area contributed by atoms with Crippen molar-refractivity contribution >= 4 is 34.1 Å². The van der Waals surface area contributed by atoms with Crippen molar-refractivity contribution in [2.45, 2.75) is 13.3 Å². The molecule has 0 aliphatic rings. The molecule has 1 amide bonds. The normalized spacial score (nSPS) is 10.7. The Morgan fingerprint density at radius 2 is 2.12 bits per heavy atom. The van der Waals surface area contributed by atoms with Crippen LogP contribution in [-0.2, 0) is 0 Å². The van der Waals surface area contributed by atoms with Crippen molar-refractivity contribution in [2.75, 3.05) is 19.4 Å². The van der Waals surface area contributed by atoms with E-state index in [9.17, 15) is 4.79 Å². The Morgan fingerprint density at radius 3 is 2.85 bits per heavy atom. The minimum atomic E-state index is -0.353. The van der Waals surface area contributed by atoms with E-state index in [1.165, 1.54) is 0 Å². The molecule has 0 radical (unpaired) electrons. The summed E-state index contributed by atoms with van der Waals surface area (Å²) < 4.78 is 5.40. The minimum Gasteiger partial charge on any atom is -0.496 e. The molecule has 8 heteroatoms. The van der Waals surface area contributed by atoms with Crippen LogP contribution in [0.4, 0.5) is 5.69 Å². The summed E-state index contributed by atoms with van der Waals surface area (Å²) >= 11 is 6.42. The highest BCUT2D eigenvalue weighted by molar-refractivity contribution is 6.35. The van der Waals surface area contributed by atoms with Crippen LogP contribution in [0.1, 0.15) is 23.8 Å². The van der Waals surface area contributed by atoms with E-state index in [0.717, 1.165) is 6.42 Å². The molecule has 2 aromatic heterocycles. The Kier molecular flexibility index (Phi) is 5.18. The van der Waals surface area contributed by atoms with Crippen LogP contribution in [0.3, 0.4) is 0 Å². The van der Waals surface area contributed by atoms with E-state index < -0.39 is 0 Å². The average molecular weight is 372 g/mol. The third-order valence-electron chi connectivity index (χ3n) is 3.94. The van der Waals surface area contributed by atoms with Crippen molar-refractivity contribution in [2.24, 2.45) is 0 Å². The molecule has 0 saturated carbocycles. The van der Waals surface area contributed by atoms with E-state index in [1.54, 1.807) is 37.7 Å². The second-order valence-corrected chi connectivity index (χ2v) is 6.02. The van der Waals surface area contributed by atoms with Gasteiger partial charge >= 0.3 is 0 Å². The van der Waals surface area contributed by atoms with Crippen LogP contribution >= 0.6 is 11.6 Å². The molecule has 134 valence electrons. The average Bonchev–Trinajstić information content (AvgIpc) is 2.66. The number of amides is 1. The van der Waals surface area contributed by atoms with Gasteiger partial charge in [0.1, 0.15) is 11.3 Å². The van der Waals surface area contributed by atoms with Gasteiger partial charge in [0, 0.05) is 35.5 Å². The van der Waals surface area contributed by atoms with Crippen LogP contribution in [0.15, 0.2) is 30.6 Å². The first-order valence-electron chi connectivity index (χ1n) is 8.09. The first-order chi connectivity index (χ1) is 12.6. The lowest BCUT2D eigenvalue weighted by Crippen LogP contribution is -2.26. The van der Waals surface area contributed by atoms with Crippen molar-refractivity contribution in [1.29, 1.82) is 0 Å². The number of benzene rings is 1. The predicted octanol–water partition coefficient (Wildman–Crippen LogP) is 3.08. The number of hydrogen-bond donors (Lipinski definition) is 2. The lowest BCUT2D eigenvalue weighted by atomic mass is 10.0. The molecule has 1 aromatic carbocycles. The standard InChI is InChI=1S/C18H18ClN5O2/c1-3-7-22-18(25)17-15(20)10-4-5-12(19)14(16(10)23-24-17)11-9-21-8-6-13(11)26-2/h4-6,8-9H,3,7H2,1-2H3,(H2,20,23)(H,22,25). The first-order valence-corrected chi connectivity index (χ1v) is 8.47. The monoisotopic (exact) mass is 371 g/mol. The fourth-order valence-corrected chi connectivity index (χ4v) is 2.92. The number of aromatic nitrogens is 3. The van der Waals surface area contributed by atoms with Crippen LogP contribution < -0.4 is 15.8 Å². The van der Waals surface area contributed by atoms with Gasteiger partial charge in [-0.05, 0) is 24.6 Å². The summed E-state index contributed by atoms with van der Waals surface area (Å²) in [5, 5.41) is 12.1. The molecule has 0 bridgehead atoms. The second-order valence-electron chi connectivity index (χ2n) is 5.61. The Labute approximate surface area is 155 Å². The molecule has 0 aliphatic heterocycles. The van der Waals surface area contributed by atoms with E-state index in [4.69, 9.17) is 22.1 Å². The second kappa shape index (κ2) is 7.53. The fourth-order valence-electron chi connectivity index (χ4n) is 2.66. The number of halogens is 1. The van der Waals surface area contributed by atoms with Gasteiger partial charge in [-0.2, -0.15) is 0 Å². The lowest BCUT2D eigenvalue weighted by molar-refractivity contribution is 0.0949. The molecule has 0 unspecified atom stereocenters. The summed E-state index contributed by atoms with van der Waals surface area (Å²) in [6.45, 7) is 2.50. The van der Waals surface area contributed by atoms with Gasteiger partial charge in [0.05, 0.1) is 17.8 Å². The van der Waals surface area contributed by atoms with Gasteiger partial charge in [0.25, 0.3) is 5.91 Å². The molecular weight excluding hydrogens is 354 g/mol. The Hall–Kier alpha value is -2.93. The number of carbonyl (C=O) groups is 1. The van der Waals surface area contributed by atoms with Crippen molar-refractivity contribution in [1.82, 2.24) is 20.5 Å². The molecule has 0 fully saturated rings. The fraction of sp³-hybridized carbons (Fsp3) is 0.222. The number of carbonyl (C=O) groups excluding carboxylic acids is 1. The predicted molar refractivity (Wildman–Crippen MR) is 101 cm³/mol. The highest BCUT2D eigenvalue weighted by Gasteiger charge is 2.20. The van der Waals surface area contributed by atoms with Gasteiger partial charge < -0.3 is 15.8 Å². The highest BCUT2D eigenvalue weighted by atomic mass is 35.5. The summed E-state index contributed by atoms with van der Waals surface area (Å²) in [7, 11) is 1.56. The number of pyridine rings is 1. The van der Waals surface area contributed by atoms with Crippen LogP contribution in [0.5, 0.6) is 5.75 Å². The maximum atomic E-state index is 12.2. The van der Waals surface area contributed by atoms with E-state index in [0.29, 0.717) is 39.3 Å². The summed E-state index contributed by atoms with van der Waals surface area (Å²) in [5.41, 5.74) is 8.31. The van der Waals surface area contributed by atoms with E-state index >= 15 is 0 Å². The largest absolute Gasteiger partial charge is 0.496 e. The molecule has 0 saturated heterocycles. The Balaban J connectivity index is 2.22. The number of methoxy groups -OCH3 is 1. The number of hydrogen-bond acceptors (Lipinski definition) is 6. The maximum absolute atomic E-state index is 12.2. The van der Waals surface area contributed by atoms with Gasteiger partial charge in [-0.15, -0.1) is 10.2 Å². The third kappa shape index (κ3) is 3.13. The SMILES string of the molecule is CCCNC(=O)c1nnc2c(-c3cnccc3OC)c(Cl)ccc2c1N. The third-order valence-corrected chi connectivity index (χ3v) is 4.26. The molecule has 26 heavy (non-hydrogen) atoms. The van der Waals surface area contributed by atoms with Crippen LogP contribution in [0, 0.1) is 0 Å². The zero-order chi connectivity index (χ0) is 18.7. The van der Waals surface area contributed by atoms with Crippen molar-refractivity contribution < 1.29 is 9.53 Å². The molecule has 0 spiro atoms. The molecular formula is C18H18ClN5O2. The van der Waals surface area contributed by atoms with Crippen molar-refractivity contribution in [3.05, 3.63) is 41.3 Å². The van der Waals surface area contributed by atoms with Gasteiger partial charge in [0.15, 0.2) is 5.69 Å². The summed E-state index contributed by atoms with van der Waals surface area (Å²) in [6, 6.07) is 5.16. The maximum Gasteiger partial charge on any atom is 0.273 e. The quantitative estimate of drug-likeness (QED) is 0.714. The van der Waals surface area contributed by atoms with E-state index in [2.05, 4.69) is 20.5 Å². The molecule has 3 aromatic rings. The summed E-state index contributed by atoms with van der Waals surface area (Å²) in [4.78, 5) is 16.4. The number of anilines is 1. The minimum absolute atomic E-state index is 0.0948. The van der Waals surface area contributed by atoms with Crippen molar-refractivity contribution in [3.63, 3.8) is 0 Å². The number of nitrogens with one attached hydrogen (secondary N) is 1. The highest BCUT2D eigenvalue weighted by Crippen LogP contribution is 2.39. The van der Waals surface area contributed by atoms with Crippen LogP contribution in [0.2, 0.25) is 5.02 Å². The first kappa shape index (κ1) is 17.9. The number of ether oxygens (including phenoxy) is 1. The molecule has 7 nitrogen and oxygen atoms in total. The van der Waals surface area contributed by atoms with E-state index in [-0.39, 0.29) is 17.3 Å². The van der Waals surface area contributed by atoms with Crippen molar-refractivity contribution in [3.8, 4) is 16.9 Å². The number of nitrogens with two attached hydrogens (primary N) is 1. The molecule has 2 heterocycles. The Morgan fingerprint density at radius 1 is 1.31 bits per heavy atom. The molecule has 0 atom stereocenters. The lowest BCUT2D eigenvalue weighted by Gasteiger charge is -2.13. The Bertz CT molecular complexity index is 977. The number of nitrogen functional groups attached to an aromatic ring is 1. The number of fused-ring (bicyclic) bond motifs is 1. The van der Waals surface area contributed by atoms with Gasteiger partial charge in [0.2, 0.25) is 0 Å². The van der Waals surface area contributed by atoms with Crippen LogP contribution in [0.25, 0.3) is 22.0 Å². The molecule has 3 rings (SSSR count). The summed E-state index contributed by atoms with van der Waals surface area (Å²) in [5.74, 6) is 0.244. The zero-order valence-electron chi connectivity index (χ0n) is 14.4. The van der Waals surface area contributed by atoms with E-state index in [1.807, 2.05) is 6.92 Å².